The van der Waals surface area contributed by atoms with Crippen LogP contribution in [0.15, 0.2) is 42.6 Å². The van der Waals surface area contributed by atoms with Gasteiger partial charge in [-0.2, -0.15) is 4.57 Å². The molecule has 1 heterocycles. The first-order valence-electron chi connectivity index (χ1n) is 4.29. The SMILES string of the molecule is CC[n+]1cccc2ccccc21.[Br-]. The van der Waals surface area contributed by atoms with E-state index in [9.17, 15) is 0 Å². The fraction of sp³-hybridized carbons (Fsp3) is 0.182. The second-order valence-electron chi connectivity index (χ2n) is 2.85. The van der Waals surface area contributed by atoms with Crippen molar-refractivity contribution in [2.75, 3.05) is 0 Å². The lowest BCUT2D eigenvalue weighted by Crippen LogP contribution is -3.00. The van der Waals surface area contributed by atoms with Crippen LogP contribution in [-0.2, 0) is 6.54 Å². The molecule has 1 nitrogen and oxygen atoms in total. The van der Waals surface area contributed by atoms with E-state index in [0.29, 0.717) is 0 Å². The van der Waals surface area contributed by atoms with Crippen LogP contribution in [0.2, 0.25) is 0 Å². The lowest BCUT2D eigenvalue weighted by atomic mass is 10.2. The summed E-state index contributed by atoms with van der Waals surface area (Å²) >= 11 is 0. The third-order valence-electron chi connectivity index (χ3n) is 2.13. The highest BCUT2D eigenvalue weighted by Crippen LogP contribution is 2.07. The number of hydrogen-bond donors (Lipinski definition) is 0. The molecular weight excluding hydrogens is 226 g/mol. The van der Waals surface area contributed by atoms with Gasteiger partial charge in [0.15, 0.2) is 6.20 Å². The summed E-state index contributed by atoms with van der Waals surface area (Å²) in [6.07, 6.45) is 2.11. The topological polar surface area (TPSA) is 3.88 Å². The van der Waals surface area contributed by atoms with Gasteiger partial charge < -0.3 is 17.0 Å². The van der Waals surface area contributed by atoms with Crippen LogP contribution in [0.25, 0.3) is 10.9 Å². The summed E-state index contributed by atoms with van der Waals surface area (Å²) in [7, 11) is 0. The van der Waals surface area contributed by atoms with Crippen molar-refractivity contribution in [1.82, 2.24) is 0 Å². The number of halogens is 1. The molecule has 0 aliphatic heterocycles. The Balaban J connectivity index is 0.000000845. The average molecular weight is 238 g/mol. The van der Waals surface area contributed by atoms with Gasteiger partial charge in [0.25, 0.3) is 0 Å². The van der Waals surface area contributed by atoms with Gasteiger partial charge in [-0.1, -0.05) is 12.1 Å². The fourth-order valence-electron chi connectivity index (χ4n) is 1.50. The molecule has 0 aliphatic carbocycles. The fourth-order valence-corrected chi connectivity index (χ4v) is 1.50. The minimum atomic E-state index is 0. The third-order valence-corrected chi connectivity index (χ3v) is 2.13. The Hall–Kier alpha value is -0.890. The number of benzene rings is 1. The summed E-state index contributed by atoms with van der Waals surface area (Å²) in [5.41, 5.74) is 1.31. The van der Waals surface area contributed by atoms with Crippen LogP contribution in [0.5, 0.6) is 0 Å². The Morgan fingerprint density at radius 3 is 2.54 bits per heavy atom. The van der Waals surface area contributed by atoms with Crippen molar-refractivity contribution in [3.05, 3.63) is 42.6 Å². The van der Waals surface area contributed by atoms with Crippen molar-refractivity contribution in [3.8, 4) is 0 Å². The first kappa shape index (κ1) is 10.2. The Labute approximate surface area is 88.8 Å². The molecule has 1 aromatic carbocycles. The van der Waals surface area contributed by atoms with E-state index in [1.165, 1.54) is 10.9 Å². The molecule has 0 amide bonds. The van der Waals surface area contributed by atoms with Gasteiger partial charge in [0.2, 0.25) is 5.52 Å². The van der Waals surface area contributed by atoms with Crippen LogP contribution in [0, 0.1) is 0 Å². The molecule has 1 aromatic heterocycles. The summed E-state index contributed by atoms with van der Waals surface area (Å²) in [6.45, 7) is 3.19. The first-order valence-corrected chi connectivity index (χ1v) is 4.29. The Morgan fingerprint density at radius 1 is 1.08 bits per heavy atom. The van der Waals surface area contributed by atoms with Gasteiger partial charge in [0, 0.05) is 17.5 Å². The highest BCUT2D eigenvalue weighted by molar-refractivity contribution is 5.74. The number of aromatic nitrogens is 1. The van der Waals surface area contributed by atoms with Crippen molar-refractivity contribution in [1.29, 1.82) is 0 Å². The number of nitrogens with zero attached hydrogens (tertiary/aromatic N) is 1. The van der Waals surface area contributed by atoms with Crippen LogP contribution in [0.3, 0.4) is 0 Å². The van der Waals surface area contributed by atoms with Crippen LogP contribution in [-0.4, -0.2) is 0 Å². The quantitative estimate of drug-likeness (QED) is 0.570. The van der Waals surface area contributed by atoms with E-state index >= 15 is 0 Å². The van der Waals surface area contributed by atoms with Crippen molar-refractivity contribution in [2.45, 2.75) is 13.5 Å². The van der Waals surface area contributed by atoms with E-state index in [-0.39, 0.29) is 17.0 Å². The van der Waals surface area contributed by atoms with Crippen molar-refractivity contribution >= 4 is 10.9 Å². The monoisotopic (exact) mass is 237 g/mol. The summed E-state index contributed by atoms with van der Waals surface area (Å²) in [4.78, 5) is 0. The summed E-state index contributed by atoms with van der Waals surface area (Å²) in [5, 5.41) is 1.31. The molecule has 0 saturated carbocycles. The zero-order chi connectivity index (χ0) is 8.39. The number of rotatable bonds is 1. The van der Waals surface area contributed by atoms with E-state index in [0.717, 1.165) is 6.54 Å². The molecule has 2 heteroatoms. The molecule has 0 saturated heterocycles. The van der Waals surface area contributed by atoms with Gasteiger partial charge in [0.05, 0.1) is 0 Å². The van der Waals surface area contributed by atoms with Gasteiger partial charge in [-0.3, -0.25) is 0 Å². The zero-order valence-electron chi connectivity index (χ0n) is 7.57. The number of pyridine rings is 1. The van der Waals surface area contributed by atoms with Crippen molar-refractivity contribution in [3.63, 3.8) is 0 Å². The van der Waals surface area contributed by atoms with Gasteiger partial charge >= 0.3 is 0 Å². The summed E-state index contributed by atoms with van der Waals surface area (Å²) in [5.74, 6) is 0. The van der Waals surface area contributed by atoms with Crippen LogP contribution < -0.4 is 21.5 Å². The molecule has 68 valence electrons. The van der Waals surface area contributed by atoms with Gasteiger partial charge in [-0.05, 0) is 19.1 Å². The van der Waals surface area contributed by atoms with Crippen LogP contribution in [0.1, 0.15) is 6.92 Å². The van der Waals surface area contributed by atoms with E-state index in [1.807, 2.05) is 0 Å². The van der Waals surface area contributed by atoms with Crippen molar-refractivity contribution in [2.24, 2.45) is 0 Å². The molecule has 0 radical (unpaired) electrons. The van der Waals surface area contributed by atoms with Crippen LogP contribution in [0.4, 0.5) is 0 Å². The molecule has 0 N–H and O–H groups in total. The molecule has 0 bridgehead atoms. The molecule has 0 aliphatic rings. The largest absolute Gasteiger partial charge is 1.00 e. The second kappa shape index (κ2) is 4.38. The van der Waals surface area contributed by atoms with E-state index in [2.05, 4.69) is 54.1 Å². The van der Waals surface area contributed by atoms with Gasteiger partial charge in [-0.15, -0.1) is 0 Å². The molecule has 0 spiro atoms. The maximum absolute atomic E-state index is 2.25. The normalized spacial score (nSPS) is 9.62. The zero-order valence-corrected chi connectivity index (χ0v) is 9.16. The average Bonchev–Trinajstić information content (AvgIpc) is 2.17. The molecule has 0 fully saturated rings. The molecule has 2 aromatic rings. The smallest absolute Gasteiger partial charge is 0.212 e. The Morgan fingerprint density at radius 2 is 1.77 bits per heavy atom. The number of aryl methyl sites for hydroxylation is 1. The highest BCUT2D eigenvalue weighted by Gasteiger charge is 2.02. The number of para-hydroxylation sites is 1. The lowest BCUT2D eigenvalue weighted by Gasteiger charge is -1.96. The second-order valence-corrected chi connectivity index (χ2v) is 2.85. The van der Waals surface area contributed by atoms with Gasteiger partial charge in [0.1, 0.15) is 6.54 Å². The van der Waals surface area contributed by atoms with E-state index in [1.54, 1.807) is 0 Å². The van der Waals surface area contributed by atoms with Crippen molar-refractivity contribution < 1.29 is 21.5 Å². The third kappa shape index (κ3) is 1.89. The molecule has 0 unspecified atom stereocenters. The standard InChI is InChI=1S/C11H12N.BrH/c1-2-12-9-5-7-10-6-3-4-8-11(10)12;/h3-9H,2H2,1H3;1H/q+1;/p-1. The predicted octanol–water partition coefficient (Wildman–Crippen LogP) is -0.849. The summed E-state index contributed by atoms with van der Waals surface area (Å²) in [6, 6.07) is 12.7. The lowest BCUT2D eigenvalue weighted by molar-refractivity contribution is -0.667. The number of fused-ring (bicyclic) bond motifs is 1. The predicted molar refractivity (Wildman–Crippen MR) is 49.8 cm³/mol. The van der Waals surface area contributed by atoms with E-state index in [4.69, 9.17) is 0 Å². The van der Waals surface area contributed by atoms with Gasteiger partial charge in [-0.25, -0.2) is 0 Å². The Bertz CT molecular complexity index is 393. The minimum absolute atomic E-state index is 0. The maximum atomic E-state index is 2.25. The molecular formula is C11H12BrN. The molecule has 2 rings (SSSR count). The highest BCUT2D eigenvalue weighted by atomic mass is 79.9. The number of hydrogen-bond acceptors (Lipinski definition) is 0. The maximum Gasteiger partial charge on any atom is 0.212 e. The van der Waals surface area contributed by atoms with Crippen LogP contribution >= 0.6 is 0 Å². The molecule has 0 atom stereocenters. The summed E-state index contributed by atoms with van der Waals surface area (Å²) < 4.78 is 2.25. The Kier molecular flexibility index (Phi) is 3.43. The van der Waals surface area contributed by atoms with E-state index < -0.39 is 0 Å². The minimum Gasteiger partial charge on any atom is -1.00 e. The molecule has 13 heavy (non-hydrogen) atoms. The first-order chi connectivity index (χ1) is 5.92.